The van der Waals surface area contributed by atoms with Gasteiger partial charge in [0, 0.05) is 18.7 Å². The summed E-state index contributed by atoms with van der Waals surface area (Å²) in [4.78, 5) is 12.7. The molecular formula is C13H15N3O2S. The fraction of sp³-hybridized carbons (Fsp3) is 0.308. The molecule has 0 aliphatic rings. The fourth-order valence-electron chi connectivity index (χ4n) is 1.71. The Balaban J connectivity index is 2.18. The molecular weight excluding hydrogens is 262 g/mol. The molecule has 0 unspecified atom stereocenters. The molecule has 0 saturated carbocycles. The Morgan fingerprint density at radius 3 is 2.84 bits per heavy atom. The lowest BCUT2D eigenvalue weighted by Crippen LogP contribution is -2.35. The van der Waals surface area contributed by atoms with Gasteiger partial charge in [0.15, 0.2) is 0 Å². The second-order valence-electron chi connectivity index (χ2n) is 4.15. The topological polar surface area (TPSA) is 64.1 Å². The standard InChI is InChI=1S/C13H15N3O2S/c1-9(8-18-2)14-13(17)12-11(15-16-19-12)10-6-4-3-5-7-10/h3-7,9H,8H2,1-2H3,(H,14,17)/t9-/m0/s1. The van der Waals surface area contributed by atoms with E-state index in [1.807, 2.05) is 37.3 Å². The zero-order valence-electron chi connectivity index (χ0n) is 10.8. The van der Waals surface area contributed by atoms with Crippen LogP contribution in [0.5, 0.6) is 0 Å². The maximum absolute atomic E-state index is 12.1. The van der Waals surface area contributed by atoms with Crippen LogP contribution in [0.2, 0.25) is 0 Å². The molecule has 1 heterocycles. The summed E-state index contributed by atoms with van der Waals surface area (Å²) in [7, 11) is 1.60. The second-order valence-corrected chi connectivity index (χ2v) is 4.90. The van der Waals surface area contributed by atoms with E-state index in [0.29, 0.717) is 17.2 Å². The first-order chi connectivity index (χ1) is 9.22. The summed E-state index contributed by atoms with van der Waals surface area (Å²) < 4.78 is 8.87. The predicted octanol–water partition coefficient (Wildman–Crippen LogP) is 1.97. The fourth-order valence-corrected chi connectivity index (χ4v) is 2.30. The molecule has 5 nitrogen and oxygen atoms in total. The van der Waals surface area contributed by atoms with Gasteiger partial charge in [-0.05, 0) is 18.5 Å². The van der Waals surface area contributed by atoms with Gasteiger partial charge in [0.25, 0.3) is 5.91 Å². The first-order valence-corrected chi connectivity index (χ1v) is 6.67. The monoisotopic (exact) mass is 277 g/mol. The second kappa shape index (κ2) is 6.40. The van der Waals surface area contributed by atoms with Gasteiger partial charge in [-0.2, -0.15) is 0 Å². The van der Waals surface area contributed by atoms with Crippen LogP contribution in [0.15, 0.2) is 30.3 Å². The Labute approximate surface area is 115 Å². The number of nitrogens with one attached hydrogen (secondary N) is 1. The number of carbonyl (C=O) groups excluding carboxylic acids is 1. The van der Waals surface area contributed by atoms with Crippen molar-refractivity contribution in [3.05, 3.63) is 35.2 Å². The molecule has 0 radical (unpaired) electrons. The highest BCUT2D eigenvalue weighted by molar-refractivity contribution is 7.08. The van der Waals surface area contributed by atoms with Crippen LogP contribution in [-0.2, 0) is 4.74 Å². The SMILES string of the molecule is COC[C@H](C)NC(=O)c1snnc1-c1ccccc1. The summed E-state index contributed by atoms with van der Waals surface area (Å²) in [5.74, 6) is -0.168. The number of rotatable bonds is 5. The third kappa shape index (κ3) is 3.36. The van der Waals surface area contributed by atoms with E-state index in [1.54, 1.807) is 7.11 Å². The third-order valence-electron chi connectivity index (χ3n) is 2.54. The highest BCUT2D eigenvalue weighted by atomic mass is 32.1. The first kappa shape index (κ1) is 13.6. The van der Waals surface area contributed by atoms with Gasteiger partial charge in [-0.25, -0.2) is 0 Å². The largest absolute Gasteiger partial charge is 0.383 e. The quantitative estimate of drug-likeness (QED) is 0.907. The molecule has 1 aromatic heterocycles. The summed E-state index contributed by atoms with van der Waals surface area (Å²) >= 11 is 1.10. The van der Waals surface area contributed by atoms with Gasteiger partial charge in [0.1, 0.15) is 10.6 Å². The van der Waals surface area contributed by atoms with E-state index in [2.05, 4.69) is 14.9 Å². The van der Waals surface area contributed by atoms with Crippen LogP contribution in [0.4, 0.5) is 0 Å². The van der Waals surface area contributed by atoms with Gasteiger partial charge < -0.3 is 10.1 Å². The van der Waals surface area contributed by atoms with E-state index in [-0.39, 0.29) is 11.9 Å². The Morgan fingerprint density at radius 1 is 1.42 bits per heavy atom. The zero-order valence-corrected chi connectivity index (χ0v) is 11.6. The van der Waals surface area contributed by atoms with Gasteiger partial charge >= 0.3 is 0 Å². The van der Waals surface area contributed by atoms with Crippen molar-refractivity contribution in [1.82, 2.24) is 14.9 Å². The van der Waals surface area contributed by atoms with Crippen LogP contribution in [0, 0.1) is 0 Å². The van der Waals surface area contributed by atoms with Crippen LogP contribution < -0.4 is 5.32 Å². The number of aromatic nitrogens is 2. The average molecular weight is 277 g/mol. The van der Waals surface area contributed by atoms with E-state index >= 15 is 0 Å². The highest BCUT2D eigenvalue weighted by Gasteiger charge is 2.18. The minimum absolute atomic E-state index is 0.0526. The number of hydrogen-bond donors (Lipinski definition) is 1. The molecule has 1 amide bonds. The molecule has 1 aromatic carbocycles. The van der Waals surface area contributed by atoms with Crippen LogP contribution >= 0.6 is 11.5 Å². The summed E-state index contributed by atoms with van der Waals surface area (Å²) in [6.45, 7) is 2.36. The van der Waals surface area contributed by atoms with Crippen LogP contribution in [0.25, 0.3) is 11.3 Å². The van der Waals surface area contributed by atoms with Crippen molar-refractivity contribution < 1.29 is 9.53 Å². The van der Waals surface area contributed by atoms with E-state index in [4.69, 9.17) is 4.74 Å². The lowest BCUT2D eigenvalue weighted by molar-refractivity contribution is 0.0910. The maximum atomic E-state index is 12.1. The predicted molar refractivity (Wildman–Crippen MR) is 74.1 cm³/mol. The molecule has 1 atom stereocenters. The van der Waals surface area contributed by atoms with Gasteiger partial charge in [0.05, 0.1) is 6.61 Å². The number of methoxy groups -OCH3 is 1. The van der Waals surface area contributed by atoms with Crippen molar-refractivity contribution in [1.29, 1.82) is 0 Å². The van der Waals surface area contributed by atoms with Crippen LogP contribution in [0.3, 0.4) is 0 Å². The normalized spacial score (nSPS) is 12.1. The van der Waals surface area contributed by atoms with E-state index in [0.717, 1.165) is 17.1 Å². The van der Waals surface area contributed by atoms with Crippen molar-refractivity contribution in [3.63, 3.8) is 0 Å². The minimum Gasteiger partial charge on any atom is -0.383 e. The minimum atomic E-state index is -0.168. The summed E-state index contributed by atoms with van der Waals surface area (Å²) in [5, 5.41) is 6.90. The molecule has 0 saturated heterocycles. The molecule has 0 fully saturated rings. The Hall–Kier alpha value is -1.79. The lowest BCUT2D eigenvalue weighted by atomic mass is 10.1. The van der Waals surface area contributed by atoms with Gasteiger partial charge in [-0.15, -0.1) is 5.10 Å². The van der Waals surface area contributed by atoms with Crippen LogP contribution in [-0.4, -0.2) is 35.3 Å². The average Bonchev–Trinajstić information content (AvgIpc) is 2.89. The third-order valence-corrected chi connectivity index (χ3v) is 3.26. The van der Waals surface area contributed by atoms with Gasteiger partial charge in [0.2, 0.25) is 0 Å². The number of benzene rings is 1. The van der Waals surface area contributed by atoms with Gasteiger partial charge in [-0.3, -0.25) is 4.79 Å². The Bertz CT molecular complexity index is 542. The Kier molecular flexibility index (Phi) is 4.59. The van der Waals surface area contributed by atoms with Crippen molar-refractivity contribution in [2.75, 3.05) is 13.7 Å². The van der Waals surface area contributed by atoms with Crippen molar-refractivity contribution in [2.45, 2.75) is 13.0 Å². The molecule has 1 N–H and O–H groups in total. The highest BCUT2D eigenvalue weighted by Crippen LogP contribution is 2.23. The number of amides is 1. The maximum Gasteiger partial charge on any atom is 0.265 e. The van der Waals surface area contributed by atoms with Crippen LogP contribution in [0.1, 0.15) is 16.6 Å². The van der Waals surface area contributed by atoms with E-state index in [9.17, 15) is 4.79 Å². The summed E-state index contributed by atoms with van der Waals surface area (Å²) in [6.07, 6.45) is 0. The van der Waals surface area contributed by atoms with E-state index in [1.165, 1.54) is 0 Å². The number of ether oxygens (including phenoxy) is 1. The van der Waals surface area contributed by atoms with Crippen molar-refractivity contribution >= 4 is 17.4 Å². The number of hydrogen-bond acceptors (Lipinski definition) is 5. The molecule has 2 aromatic rings. The Morgan fingerprint density at radius 2 is 2.16 bits per heavy atom. The van der Waals surface area contributed by atoms with Gasteiger partial charge in [-0.1, -0.05) is 34.8 Å². The molecule has 0 aliphatic carbocycles. The molecule has 6 heteroatoms. The zero-order chi connectivity index (χ0) is 13.7. The summed E-state index contributed by atoms with van der Waals surface area (Å²) in [6, 6.07) is 9.50. The molecule has 0 spiro atoms. The summed E-state index contributed by atoms with van der Waals surface area (Å²) in [5.41, 5.74) is 1.51. The molecule has 100 valence electrons. The lowest BCUT2D eigenvalue weighted by Gasteiger charge is -2.11. The van der Waals surface area contributed by atoms with Crippen molar-refractivity contribution in [3.8, 4) is 11.3 Å². The molecule has 0 bridgehead atoms. The molecule has 0 aliphatic heterocycles. The van der Waals surface area contributed by atoms with E-state index < -0.39 is 0 Å². The molecule has 19 heavy (non-hydrogen) atoms. The number of nitrogens with zero attached hydrogens (tertiary/aromatic N) is 2. The smallest absolute Gasteiger partial charge is 0.265 e. The first-order valence-electron chi connectivity index (χ1n) is 5.90. The van der Waals surface area contributed by atoms with Crippen molar-refractivity contribution in [2.24, 2.45) is 0 Å². The number of carbonyl (C=O) groups is 1. The molecule has 2 rings (SSSR count).